The normalized spacial score (nSPS) is 12.0. The van der Waals surface area contributed by atoms with Gasteiger partial charge in [-0.25, -0.2) is 15.8 Å². The highest BCUT2D eigenvalue weighted by molar-refractivity contribution is 5.69. The number of rotatable bonds is 5. The molecule has 1 atom stereocenters. The van der Waals surface area contributed by atoms with Crippen LogP contribution in [0, 0.1) is 24.0 Å². The van der Waals surface area contributed by atoms with Gasteiger partial charge in [-0.2, -0.15) is 0 Å². The first-order valence-corrected chi connectivity index (χ1v) is 6.23. The van der Waals surface area contributed by atoms with Crippen molar-refractivity contribution >= 4 is 17.3 Å². The number of furan rings is 1. The number of anilines is 2. The average molecular weight is 292 g/mol. The number of nitrogens with two attached hydrogens (primary N) is 1. The molecule has 0 amide bonds. The van der Waals surface area contributed by atoms with E-state index in [1.165, 1.54) is 6.33 Å². The van der Waals surface area contributed by atoms with E-state index in [0.29, 0.717) is 0 Å². The van der Waals surface area contributed by atoms with Gasteiger partial charge < -0.3 is 15.2 Å². The predicted molar refractivity (Wildman–Crippen MR) is 76.7 cm³/mol. The van der Waals surface area contributed by atoms with Crippen molar-refractivity contribution in [3.8, 4) is 0 Å². The molecule has 0 saturated carbocycles. The first-order chi connectivity index (χ1) is 9.93. The second-order valence-corrected chi connectivity index (χ2v) is 4.56. The molecule has 2 heterocycles. The molecule has 21 heavy (non-hydrogen) atoms. The third-order valence-corrected chi connectivity index (χ3v) is 3.04. The van der Waals surface area contributed by atoms with E-state index in [1.54, 1.807) is 0 Å². The molecule has 1 unspecified atom stereocenters. The fraction of sp³-hybridized carbons (Fsp3) is 0.333. The van der Waals surface area contributed by atoms with Gasteiger partial charge in [-0.1, -0.05) is 0 Å². The molecule has 0 aromatic carbocycles. The molecule has 2 aromatic rings. The summed E-state index contributed by atoms with van der Waals surface area (Å²) in [6.07, 6.45) is 1.20. The Morgan fingerprint density at radius 2 is 2.05 bits per heavy atom. The van der Waals surface area contributed by atoms with Gasteiger partial charge in [-0.05, 0) is 26.8 Å². The zero-order chi connectivity index (χ0) is 15.6. The highest BCUT2D eigenvalue weighted by atomic mass is 16.6. The minimum atomic E-state index is -0.586. The average Bonchev–Trinajstić information content (AvgIpc) is 2.77. The van der Waals surface area contributed by atoms with Crippen LogP contribution in [0.3, 0.4) is 0 Å². The maximum Gasteiger partial charge on any atom is 0.354 e. The van der Waals surface area contributed by atoms with Crippen molar-refractivity contribution < 1.29 is 9.34 Å². The van der Waals surface area contributed by atoms with E-state index >= 15 is 0 Å². The summed E-state index contributed by atoms with van der Waals surface area (Å²) in [6.45, 7) is 5.53. The minimum Gasteiger partial charge on any atom is -0.466 e. The molecule has 0 aliphatic rings. The second-order valence-electron chi connectivity index (χ2n) is 4.56. The van der Waals surface area contributed by atoms with E-state index in [1.807, 2.05) is 26.8 Å². The Hall–Kier alpha value is -2.68. The second kappa shape index (κ2) is 5.75. The molecule has 9 nitrogen and oxygen atoms in total. The van der Waals surface area contributed by atoms with Crippen molar-refractivity contribution in [1.29, 1.82) is 0 Å². The van der Waals surface area contributed by atoms with Gasteiger partial charge in [0.1, 0.15) is 17.8 Å². The van der Waals surface area contributed by atoms with Gasteiger partial charge in [-0.15, -0.1) is 0 Å². The van der Waals surface area contributed by atoms with Crippen LogP contribution < -0.4 is 16.6 Å². The largest absolute Gasteiger partial charge is 0.466 e. The number of aryl methyl sites for hydroxylation is 2. The van der Waals surface area contributed by atoms with Gasteiger partial charge in [-0.3, -0.25) is 10.1 Å². The standard InChI is InChI=1S/C12H16N6O3/c1-6-4-9(8(3)21-6)7(2)16-11-10(18(19)20)12(17-13)15-5-14-11/h4-5,7H,13H2,1-3H3,(H2,14,15,16,17). The lowest BCUT2D eigenvalue weighted by atomic mass is 10.1. The third kappa shape index (κ3) is 2.92. The van der Waals surface area contributed by atoms with Crippen LogP contribution in [0.5, 0.6) is 0 Å². The van der Waals surface area contributed by atoms with Crippen LogP contribution in [-0.2, 0) is 0 Å². The first-order valence-electron chi connectivity index (χ1n) is 6.23. The summed E-state index contributed by atoms with van der Waals surface area (Å²) in [6, 6.07) is 1.66. The van der Waals surface area contributed by atoms with E-state index in [2.05, 4.69) is 20.7 Å². The summed E-state index contributed by atoms with van der Waals surface area (Å²) in [5.41, 5.74) is 2.80. The molecule has 0 radical (unpaired) electrons. The topological polar surface area (TPSA) is 132 Å². The van der Waals surface area contributed by atoms with Gasteiger partial charge in [0.2, 0.25) is 11.6 Å². The molecule has 0 fully saturated rings. The van der Waals surface area contributed by atoms with Gasteiger partial charge in [0.15, 0.2) is 0 Å². The van der Waals surface area contributed by atoms with Crippen molar-refractivity contribution in [3.63, 3.8) is 0 Å². The van der Waals surface area contributed by atoms with E-state index in [4.69, 9.17) is 10.3 Å². The fourth-order valence-corrected chi connectivity index (χ4v) is 2.13. The molecule has 0 spiro atoms. The zero-order valence-electron chi connectivity index (χ0n) is 11.9. The number of hydrogen-bond acceptors (Lipinski definition) is 8. The van der Waals surface area contributed by atoms with Crippen LogP contribution >= 0.6 is 0 Å². The van der Waals surface area contributed by atoms with Crippen molar-refractivity contribution in [2.75, 3.05) is 10.7 Å². The summed E-state index contributed by atoms with van der Waals surface area (Å²) in [5.74, 6) is 6.81. The first kappa shape index (κ1) is 14.7. The quantitative estimate of drug-likeness (QED) is 0.433. The van der Waals surface area contributed by atoms with Crippen LogP contribution in [0.4, 0.5) is 17.3 Å². The van der Waals surface area contributed by atoms with Crippen molar-refractivity contribution in [1.82, 2.24) is 9.97 Å². The predicted octanol–water partition coefficient (Wildman–Crippen LogP) is 2.05. The molecule has 0 aliphatic carbocycles. The lowest BCUT2D eigenvalue weighted by molar-refractivity contribution is -0.383. The van der Waals surface area contributed by atoms with Crippen LogP contribution in [0.1, 0.15) is 30.0 Å². The van der Waals surface area contributed by atoms with Crippen LogP contribution in [-0.4, -0.2) is 14.9 Å². The maximum atomic E-state index is 11.2. The fourth-order valence-electron chi connectivity index (χ4n) is 2.13. The van der Waals surface area contributed by atoms with E-state index < -0.39 is 4.92 Å². The van der Waals surface area contributed by atoms with E-state index in [9.17, 15) is 10.1 Å². The van der Waals surface area contributed by atoms with Gasteiger partial charge in [0.25, 0.3) is 0 Å². The lowest BCUT2D eigenvalue weighted by Gasteiger charge is -2.14. The smallest absolute Gasteiger partial charge is 0.354 e. The van der Waals surface area contributed by atoms with Crippen LogP contribution in [0.15, 0.2) is 16.8 Å². The molecule has 2 aromatic heterocycles. The highest BCUT2D eigenvalue weighted by Gasteiger charge is 2.24. The number of nitrogens with one attached hydrogen (secondary N) is 2. The molecule has 4 N–H and O–H groups in total. The molecular weight excluding hydrogens is 276 g/mol. The molecule has 0 aliphatic heterocycles. The highest BCUT2D eigenvalue weighted by Crippen LogP contribution is 2.32. The summed E-state index contributed by atoms with van der Waals surface area (Å²) in [4.78, 5) is 18.2. The lowest BCUT2D eigenvalue weighted by Crippen LogP contribution is -2.15. The van der Waals surface area contributed by atoms with E-state index in [0.717, 1.165) is 17.1 Å². The summed E-state index contributed by atoms with van der Waals surface area (Å²) in [5, 5.41) is 14.2. The Bertz CT molecular complexity index is 669. The summed E-state index contributed by atoms with van der Waals surface area (Å²) < 4.78 is 5.46. The Kier molecular flexibility index (Phi) is 4.03. The van der Waals surface area contributed by atoms with E-state index in [-0.39, 0.29) is 23.4 Å². The SMILES string of the molecule is Cc1cc(C(C)Nc2ncnc(NN)c2[N+](=O)[O-])c(C)o1. The molecule has 0 saturated heterocycles. The number of nitro groups is 1. The number of aromatic nitrogens is 2. The number of hydrazine groups is 1. The van der Waals surface area contributed by atoms with Crippen molar-refractivity contribution in [3.05, 3.63) is 39.6 Å². The Labute approximate surface area is 120 Å². The van der Waals surface area contributed by atoms with Gasteiger partial charge >= 0.3 is 5.69 Å². The molecular formula is C12H16N6O3. The Balaban J connectivity index is 2.35. The third-order valence-electron chi connectivity index (χ3n) is 3.04. The molecule has 9 heteroatoms. The Morgan fingerprint density at radius 1 is 1.38 bits per heavy atom. The van der Waals surface area contributed by atoms with Crippen molar-refractivity contribution in [2.45, 2.75) is 26.8 Å². The Morgan fingerprint density at radius 3 is 2.57 bits per heavy atom. The van der Waals surface area contributed by atoms with Crippen LogP contribution in [0.2, 0.25) is 0 Å². The maximum absolute atomic E-state index is 11.2. The van der Waals surface area contributed by atoms with Gasteiger partial charge in [0.05, 0.1) is 11.0 Å². The zero-order valence-corrected chi connectivity index (χ0v) is 11.9. The van der Waals surface area contributed by atoms with Gasteiger partial charge in [0, 0.05) is 5.56 Å². The van der Waals surface area contributed by atoms with Crippen LogP contribution in [0.25, 0.3) is 0 Å². The number of hydrogen-bond donors (Lipinski definition) is 3. The number of nitrogen functional groups attached to an aromatic ring is 1. The summed E-state index contributed by atoms with van der Waals surface area (Å²) in [7, 11) is 0. The summed E-state index contributed by atoms with van der Waals surface area (Å²) >= 11 is 0. The minimum absolute atomic E-state index is 0.0511. The van der Waals surface area contributed by atoms with Crippen molar-refractivity contribution in [2.24, 2.45) is 5.84 Å². The molecule has 2 rings (SSSR count). The molecule has 0 bridgehead atoms. The monoisotopic (exact) mass is 292 g/mol. The molecule has 112 valence electrons. The number of nitrogens with zero attached hydrogens (tertiary/aromatic N) is 3.